The third-order valence-corrected chi connectivity index (χ3v) is 13.6. The van der Waals surface area contributed by atoms with Gasteiger partial charge in [0.05, 0.1) is 10.7 Å². The summed E-state index contributed by atoms with van der Waals surface area (Å²) in [5, 5.41) is 27.4. The predicted octanol–water partition coefficient (Wildman–Crippen LogP) is 9.97. The third kappa shape index (κ3) is 6.77. The molecule has 10 rings (SSSR count). The van der Waals surface area contributed by atoms with Crippen molar-refractivity contribution in [3.05, 3.63) is 98.7 Å². The number of aliphatic hydroxyl groups is 1. The van der Waals surface area contributed by atoms with Crippen molar-refractivity contribution in [2.24, 2.45) is 23.7 Å². The summed E-state index contributed by atoms with van der Waals surface area (Å²) >= 11 is 0. The maximum absolute atomic E-state index is 15.3. The molecular formula is C51H58N5O4W-. The van der Waals surface area contributed by atoms with Gasteiger partial charge in [-0.15, -0.1) is 13.1 Å². The van der Waals surface area contributed by atoms with Gasteiger partial charge in [0.2, 0.25) is 0 Å². The number of nitrogens with one attached hydrogen (secondary N) is 1. The van der Waals surface area contributed by atoms with Gasteiger partial charge in [-0.1, -0.05) is 79.7 Å². The van der Waals surface area contributed by atoms with Crippen LogP contribution in [0.25, 0.3) is 64.8 Å². The van der Waals surface area contributed by atoms with Crippen molar-refractivity contribution >= 4 is 76.9 Å². The Bertz CT molecular complexity index is 2860. The van der Waals surface area contributed by atoms with Crippen LogP contribution >= 0.6 is 0 Å². The summed E-state index contributed by atoms with van der Waals surface area (Å²) in [7, 11) is 0. The maximum atomic E-state index is 15.3. The first kappa shape index (κ1) is 42.9. The third-order valence-electron chi connectivity index (χ3n) is 13.6. The zero-order chi connectivity index (χ0) is 42.3. The van der Waals surface area contributed by atoms with Crippen molar-refractivity contribution in [2.45, 2.75) is 86.7 Å². The Morgan fingerprint density at radius 2 is 1.21 bits per heavy atom. The average molecular weight is 989 g/mol. The molecule has 3 aliphatic heterocycles. The van der Waals surface area contributed by atoms with E-state index in [1.54, 1.807) is 18.4 Å². The summed E-state index contributed by atoms with van der Waals surface area (Å²) in [5.41, 5.74) is 3.71. The molecule has 0 spiro atoms. The Morgan fingerprint density at radius 3 is 1.74 bits per heavy atom. The number of hydrogen-bond acceptors (Lipinski definition) is 6. The fourth-order valence-electron chi connectivity index (χ4n) is 11.2. The van der Waals surface area contributed by atoms with Crippen LogP contribution in [0.2, 0.25) is 0 Å². The average Bonchev–Trinajstić information content (AvgIpc) is 3.20. The summed E-state index contributed by atoms with van der Waals surface area (Å²) in [6.45, 7) is 21.1. The first-order valence-corrected chi connectivity index (χ1v) is 22.2. The number of nitrogens with zero attached hydrogens (tertiary/aromatic N) is 4. The molecule has 1 saturated carbocycles. The van der Waals surface area contributed by atoms with Gasteiger partial charge in [-0.3, -0.25) is 19.3 Å². The van der Waals surface area contributed by atoms with Gasteiger partial charge in [0.1, 0.15) is 5.76 Å². The van der Waals surface area contributed by atoms with Gasteiger partial charge in [-0.05, 0) is 113 Å². The number of aliphatic hydroxyl groups excluding tert-OH is 1. The maximum Gasteiger partial charge on any atom is 0.261 e. The molecule has 1 saturated heterocycles. The number of fused-ring (bicyclic) bond motifs is 2. The first-order valence-electron chi connectivity index (χ1n) is 22.2. The van der Waals surface area contributed by atoms with Gasteiger partial charge in [-0.25, -0.2) is 0 Å². The molecule has 0 bridgehead atoms. The molecule has 0 unspecified atom stereocenters. The van der Waals surface area contributed by atoms with E-state index in [0.29, 0.717) is 16.9 Å². The minimum atomic E-state index is -0.208. The normalized spacial score (nSPS) is 17.0. The van der Waals surface area contributed by atoms with Crippen molar-refractivity contribution in [3.8, 4) is 0 Å². The fourth-order valence-corrected chi connectivity index (χ4v) is 11.2. The van der Waals surface area contributed by atoms with Crippen molar-refractivity contribution in [1.82, 2.24) is 14.8 Å². The second kappa shape index (κ2) is 16.5. The molecule has 10 heteroatoms. The number of amides is 2. The van der Waals surface area contributed by atoms with Gasteiger partial charge >= 0.3 is 0 Å². The van der Waals surface area contributed by atoms with Crippen LogP contribution < -0.4 is 21.1 Å². The number of pyridine rings is 1. The Balaban J connectivity index is 0.000000586. The smallest absolute Gasteiger partial charge is 0.261 e. The van der Waals surface area contributed by atoms with E-state index in [1.165, 1.54) is 10.5 Å². The van der Waals surface area contributed by atoms with E-state index in [0.717, 1.165) is 117 Å². The zero-order valence-electron chi connectivity index (χ0n) is 36.8. The summed E-state index contributed by atoms with van der Waals surface area (Å²) in [6.07, 6.45) is 8.23. The number of aromatic nitrogens is 1. The van der Waals surface area contributed by atoms with E-state index in [2.05, 4.69) is 106 Å². The number of allylic oxidation sites excluding steroid dienone is 1. The van der Waals surface area contributed by atoms with Gasteiger partial charge in [0, 0.05) is 89.6 Å². The van der Waals surface area contributed by atoms with Crippen molar-refractivity contribution in [3.63, 3.8) is 0 Å². The van der Waals surface area contributed by atoms with E-state index in [4.69, 9.17) is 5.11 Å². The quantitative estimate of drug-likeness (QED) is 0.0937. The Morgan fingerprint density at radius 1 is 0.656 bits per heavy atom. The molecule has 2 fully saturated rings. The van der Waals surface area contributed by atoms with E-state index >= 15 is 4.79 Å². The zero-order valence-corrected chi connectivity index (χ0v) is 39.7. The topological polar surface area (TPSA) is 109 Å². The molecule has 318 valence electrons. The summed E-state index contributed by atoms with van der Waals surface area (Å²) in [4.78, 5) is 48.2. The SMILES string of the molecule is CC(C)C(C(C)C)N1C(=O)c2ccc3c4ccc5c(=C6CCC6)n(C(C(C)C)C(C)C)c(=O)c6cc(N7CC[N-]CC7)c(c7ccc(c2c37)C1=O)c4c65.OC1=CCNC=C1.[W]. The standard InChI is InChI=1S/C46H51N4O3.C5H7NO.W/c1-23(2)41(24(3)4)49-43(27-10-9-11-27)31-15-12-29-28-13-16-32-38-33(45(52)50(44(32)51)42(25(5)6)26(7)8)17-14-30(36(28)38)39-35(48-20-18-47-19-21-48)22-34(46(49)53)37(31)40(29)39;7-5-1-3-6-4-2-5;/h12-17,22-26,41-42H,9-11,18-21H2,1-8H3;1-3,6-7H,4H2;/q-1;;. The van der Waals surface area contributed by atoms with Crippen molar-refractivity contribution in [1.29, 1.82) is 0 Å². The van der Waals surface area contributed by atoms with Gasteiger partial charge in [0.15, 0.2) is 0 Å². The van der Waals surface area contributed by atoms with Crippen molar-refractivity contribution < 1.29 is 35.8 Å². The minimum absolute atomic E-state index is 0. The van der Waals surface area contributed by atoms with E-state index in [1.807, 2.05) is 12.1 Å². The van der Waals surface area contributed by atoms with Crippen LogP contribution in [0.15, 0.2) is 71.4 Å². The second-order valence-corrected chi connectivity index (χ2v) is 18.7. The Labute approximate surface area is 372 Å². The summed E-state index contributed by atoms with van der Waals surface area (Å²) in [6, 6.07) is 14.7. The van der Waals surface area contributed by atoms with E-state index in [9.17, 15) is 9.59 Å². The monoisotopic (exact) mass is 988 g/mol. The number of rotatable bonds is 7. The number of benzene rings is 5. The molecule has 0 radical (unpaired) electrons. The number of anilines is 1. The molecule has 5 aromatic carbocycles. The number of dihydropyridines is 1. The number of hydrogen-bond donors (Lipinski definition) is 2. The van der Waals surface area contributed by atoms with Gasteiger partial charge in [0.25, 0.3) is 17.4 Å². The van der Waals surface area contributed by atoms with Crippen LogP contribution in [0.4, 0.5) is 5.69 Å². The molecule has 9 nitrogen and oxygen atoms in total. The molecule has 0 atom stereocenters. The van der Waals surface area contributed by atoms with Crippen LogP contribution in [0.1, 0.15) is 101 Å². The second-order valence-electron chi connectivity index (χ2n) is 18.7. The molecule has 2 amide bonds. The van der Waals surface area contributed by atoms with Crippen LogP contribution in [0.5, 0.6) is 0 Å². The van der Waals surface area contributed by atoms with Crippen LogP contribution in [-0.2, 0) is 21.1 Å². The summed E-state index contributed by atoms with van der Waals surface area (Å²) < 4.78 is 2.19. The van der Waals surface area contributed by atoms with Gasteiger partial charge < -0.3 is 25.2 Å². The molecule has 1 aromatic heterocycles. The number of piperazine rings is 1. The van der Waals surface area contributed by atoms with Crippen LogP contribution in [0.3, 0.4) is 0 Å². The minimum Gasteiger partial charge on any atom is -0.659 e. The van der Waals surface area contributed by atoms with Crippen LogP contribution in [-0.4, -0.2) is 65.2 Å². The fraction of sp³-hybridized carbons (Fsp3) is 0.431. The molecular weight excluding hydrogens is 930 g/mol. The number of imide groups is 1. The molecule has 4 heterocycles. The number of carbonyl (C=O) groups excluding carboxylic acids is 2. The molecule has 4 aliphatic rings. The summed E-state index contributed by atoms with van der Waals surface area (Å²) in [5.74, 6) is 0.751. The predicted molar refractivity (Wildman–Crippen MR) is 248 cm³/mol. The Hall–Kier alpha value is -4.72. The largest absolute Gasteiger partial charge is 0.659 e. The van der Waals surface area contributed by atoms with Gasteiger partial charge in [-0.2, -0.15) is 0 Å². The van der Waals surface area contributed by atoms with E-state index in [-0.39, 0.29) is 74.2 Å². The molecule has 2 N–H and O–H groups in total. The molecule has 6 aromatic rings. The first-order chi connectivity index (χ1) is 28.8. The Kier molecular flexibility index (Phi) is 11.6. The van der Waals surface area contributed by atoms with Crippen LogP contribution in [0, 0.1) is 23.7 Å². The number of carbonyl (C=O) groups is 2. The molecule has 61 heavy (non-hydrogen) atoms. The van der Waals surface area contributed by atoms with Crippen molar-refractivity contribution in [2.75, 3.05) is 37.6 Å². The molecule has 1 aliphatic carbocycles. The van der Waals surface area contributed by atoms with E-state index < -0.39 is 0 Å².